The van der Waals surface area contributed by atoms with Crippen LogP contribution in [0.4, 0.5) is 0 Å². The van der Waals surface area contributed by atoms with E-state index in [-0.39, 0.29) is 17.5 Å². The van der Waals surface area contributed by atoms with Crippen molar-refractivity contribution in [3.8, 4) is 0 Å². The predicted octanol–water partition coefficient (Wildman–Crippen LogP) is 1.07. The van der Waals surface area contributed by atoms with E-state index in [0.717, 1.165) is 12.8 Å². The summed E-state index contributed by atoms with van der Waals surface area (Å²) in [5.74, 6) is 0.511. The van der Waals surface area contributed by atoms with Crippen LogP contribution in [0.1, 0.15) is 33.1 Å². The monoisotopic (exact) mass is 301 g/mol. The minimum Gasteiger partial charge on any atom is -0.396 e. The zero-order valence-electron chi connectivity index (χ0n) is 12.1. The first-order valence-electron chi connectivity index (χ1n) is 7.10. The normalized spacial score (nSPS) is 16.2. The third-order valence-corrected chi connectivity index (χ3v) is 5.47. The largest absolute Gasteiger partial charge is 0.396 e. The Bertz CT molecular complexity index is 535. The molecule has 114 valence electrons. The van der Waals surface area contributed by atoms with Gasteiger partial charge >= 0.3 is 0 Å². The molecule has 0 radical (unpaired) electrons. The van der Waals surface area contributed by atoms with Gasteiger partial charge in [-0.05, 0) is 39.0 Å². The first-order chi connectivity index (χ1) is 9.45. The van der Waals surface area contributed by atoms with Crippen molar-refractivity contribution in [2.75, 3.05) is 13.2 Å². The van der Waals surface area contributed by atoms with Gasteiger partial charge in [0.15, 0.2) is 0 Å². The summed E-state index contributed by atoms with van der Waals surface area (Å²) in [7, 11) is -3.47. The number of sulfonamides is 1. The van der Waals surface area contributed by atoms with Gasteiger partial charge < -0.3 is 5.11 Å². The average molecular weight is 301 g/mol. The Kier molecular flexibility index (Phi) is 4.82. The van der Waals surface area contributed by atoms with Gasteiger partial charge in [0, 0.05) is 31.9 Å². The lowest BCUT2D eigenvalue weighted by atomic mass is 10.3. The van der Waals surface area contributed by atoms with Crippen molar-refractivity contribution in [2.45, 2.75) is 50.6 Å². The number of rotatable bonds is 8. The van der Waals surface area contributed by atoms with Crippen LogP contribution in [-0.2, 0) is 16.6 Å². The van der Waals surface area contributed by atoms with Gasteiger partial charge in [-0.1, -0.05) is 0 Å². The first-order valence-corrected chi connectivity index (χ1v) is 8.54. The Hall–Kier alpha value is -0.920. The maximum atomic E-state index is 12.6. The number of aliphatic hydroxyl groups is 1. The minimum atomic E-state index is -3.47. The standard InChI is InChI=1S/C13H23N3O3S/c1-11(2)16(9-12-4-5-12)20(18,19)13-8-14-15(10-13)6-3-7-17/h8,10-12,17H,3-7,9H2,1-2H3. The fourth-order valence-corrected chi connectivity index (χ4v) is 3.78. The van der Waals surface area contributed by atoms with Gasteiger partial charge in [-0.3, -0.25) is 4.68 Å². The molecule has 1 heterocycles. The van der Waals surface area contributed by atoms with Gasteiger partial charge in [-0.15, -0.1) is 0 Å². The van der Waals surface area contributed by atoms with Crippen molar-refractivity contribution in [3.05, 3.63) is 12.4 Å². The van der Waals surface area contributed by atoms with Gasteiger partial charge in [0.25, 0.3) is 0 Å². The van der Waals surface area contributed by atoms with Crippen molar-refractivity contribution < 1.29 is 13.5 Å². The molecule has 2 rings (SSSR count). The van der Waals surface area contributed by atoms with E-state index in [1.54, 1.807) is 15.2 Å². The maximum Gasteiger partial charge on any atom is 0.246 e. The SMILES string of the molecule is CC(C)N(CC1CC1)S(=O)(=O)c1cnn(CCCO)c1. The van der Waals surface area contributed by atoms with Crippen LogP contribution >= 0.6 is 0 Å². The fraction of sp³-hybridized carbons (Fsp3) is 0.769. The lowest BCUT2D eigenvalue weighted by molar-refractivity contribution is 0.277. The van der Waals surface area contributed by atoms with E-state index < -0.39 is 10.0 Å². The molecule has 0 bridgehead atoms. The minimum absolute atomic E-state index is 0.0543. The summed E-state index contributed by atoms with van der Waals surface area (Å²) in [6.45, 7) is 4.99. The molecule has 1 fully saturated rings. The molecule has 6 nitrogen and oxygen atoms in total. The molecule has 0 atom stereocenters. The zero-order valence-corrected chi connectivity index (χ0v) is 12.9. The molecule has 0 aliphatic heterocycles. The highest BCUT2D eigenvalue weighted by atomic mass is 32.2. The Morgan fingerprint density at radius 3 is 2.75 bits per heavy atom. The van der Waals surface area contributed by atoms with Gasteiger partial charge in [-0.25, -0.2) is 8.42 Å². The van der Waals surface area contributed by atoms with E-state index in [4.69, 9.17) is 5.11 Å². The maximum absolute atomic E-state index is 12.6. The van der Waals surface area contributed by atoms with Gasteiger partial charge in [0.1, 0.15) is 4.90 Å². The van der Waals surface area contributed by atoms with E-state index >= 15 is 0 Å². The molecule has 0 aromatic carbocycles. The molecule has 20 heavy (non-hydrogen) atoms. The lowest BCUT2D eigenvalue weighted by Crippen LogP contribution is -2.38. The highest BCUT2D eigenvalue weighted by molar-refractivity contribution is 7.89. The summed E-state index contributed by atoms with van der Waals surface area (Å²) in [6, 6.07) is -0.0543. The van der Waals surface area contributed by atoms with Crippen LogP contribution in [0.3, 0.4) is 0 Å². The number of aromatic nitrogens is 2. The summed E-state index contributed by atoms with van der Waals surface area (Å²) in [5, 5.41) is 12.8. The third-order valence-electron chi connectivity index (χ3n) is 3.47. The zero-order chi connectivity index (χ0) is 14.8. The molecular weight excluding hydrogens is 278 g/mol. The topological polar surface area (TPSA) is 75.4 Å². The highest BCUT2D eigenvalue weighted by Gasteiger charge is 2.33. The number of hydrogen-bond acceptors (Lipinski definition) is 4. The Morgan fingerprint density at radius 2 is 2.20 bits per heavy atom. The van der Waals surface area contributed by atoms with Crippen molar-refractivity contribution in [3.63, 3.8) is 0 Å². The van der Waals surface area contributed by atoms with Crippen molar-refractivity contribution in [1.29, 1.82) is 0 Å². The van der Waals surface area contributed by atoms with E-state index in [1.165, 1.54) is 6.20 Å². The van der Waals surface area contributed by atoms with E-state index in [9.17, 15) is 8.42 Å². The van der Waals surface area contributed by atoms with Crippen molar-refractivity contribution in [2.24, 2.45) is 5.92 Å². The molecule has 1 aliphatic rings. The van der Waals surface area contributed by atoms with Crippen LogP contribution in [0, 0.1) is 5.92 Å². The summed E-state index contributed by atoms with van der Waals surface area (Å²) in [4.78, 5) is 0.241. The quantitative estimate of drug-likeness (QED) is 0.779. The van der Waals surface area contributed by atoms with Crippen LogP contribution in [-0.4, -0.2) is 46.8 Å². The van der Waals surface area contributed by atoms with Crippen LogP contribution in [0.2, 0.25) is 0 Å². The van der Waals surface area contributed by atoms with Crippen LogP contribution in [0.15, 0.2) is 17.3 Å². The number of hydrogen-bond donors (Lipinski definition) is 1. The van der Waals surface area contributed by atoms with E-state index in [1.807, 2.05) is 13.8 Å². The predicted molar refractivity (Wildman–Crippen MR) is 75.7 cm³/mol. The number of aryl methyl sites for hydroxylation is 1. The molecule has 0 spiro atoms. The number of aliphatic hydroxyl groups excluding tert-OH is 1. The summed E-state index contributed by atoms with van der Waals surface area (Å²) < 4.78 is 28.4. The third kappa shape index (κ3) is 3.59. The first kappa shape index (κ1) is 15.5. The molecule has 0 unspecified atom stereocenters. The van der Waals surface area contributed by atoms with Crippen molar-refractivity contribution in [1.82, 2.24) is 14.1 Å². The second-order valence-corrected chi connectivity index (χ2v) is 7.52. The Morgan fingerprint density at radius 1 is 1.50 bits per heavy atom. The molecule has 7 heteroatoms. The molecule has 1 aromatic heterocycles. The fourth-order valence-electron chi connectivity index (χ4n) is 2.11. The van der Waals surface area contributed by atoms with Crippen LogP contribution in [0.25, 0.3) is 0 Å². The van der Waals surface area contributed by atoms with Crippen molar-refractivity contribution >= 4 is 10.0 Å². The second kappa shape index (κ2) is 6.24. The van der Waals surface area contributed by atoms with Gasteiger partial charge in [0.05, 0.1) is 6.20 Å². The highest BCUT2D eigenvalue weighted by Crippen LogP contribution is 2.32. The van der Waals surface area contributed by atoms with Crippen LogP contribution < -0.4 is 0 Å². The molecule has 0 saturated heterocycles. The smallest absolute Gasteiger partial charge is 0.246 e. The molecule has 1 saturated carbocycles. The average Bonchev–Trinajstić information content (AvgIpc) is 3.08. The lowest BCUT2D eigenvalue weighted by Gasteiger charge is -2.25. The second-order valence-electron chi connectivity index (χ2n) is 5.63. The summed E-state index contributed by atoms with van der Waals surface area (Å²) >= 11 is 0. The molecule has 1 N–H and O–H groups in total. The molecule has 1 aromatic rings. The van der Waals surface area contributed by atoms with Gasteiger partial charge in [0.2, 0.25) is 10.0 Å². The molecule has 0 amide bonds. The Balaban J connectivity index is 2.16. The van der Waals surface area contributed by atoms with Crippen LogP contribution in [0.5, 0.6) is 0 Å². The number of nitrogens with zero attached hydrogens (tertiary/aromatic N) is 3. The summed E-state index contributed by atoms with van der Waals surface area (Å²) in [5.41, 5.74) is 0. The van der Waals surface area contributed by atoms with E-state index in [0.29, 0.717) is 25.4 Å². The molecular formula is C13H23N3O3S. The Labute approximate surface area is 120 Å². The molecule has 1 aliphatic carbocycles. The van der Waals surface area contributed by atoms with E-state index in [2.05, 4.69) is 5.10 Å². The summed E-state index contributed by atoms with van der Waals surface area (Å²) in [6.07, 6.45) is 5.75. The van der Waals surface area contributed by atoms with Gasteiger partial charge in [-0.2, -0.15) is 9.40 Å².